The molecular weight excluding hydrogens is 447 g/mol. The second-order valence-electron chi connectivity index (χ2n) is 6.86. The van der Waals surface area contributed by atoms with Gasteiger partial charge < -0.3 is 15.7 Å². The summed E-state index contributed by atoms with van der Waals surface area (Å²) in [6, 6.07) is 20.7. The maximum atomic E-state index is 12.8. The first-order chi connectivity index (χ1) is 15.5. The molecule has 160 valence electrons. The van der Waals surface area contributed by atoms with Gasteiger partial charge in [-0.25, -0.2) is 4.98 Å². The van der Waals surface area contributed by atoms with Gasteiger partial charge in [-0.05, 0) is 54.6 Å². The van der Waals surface area contributed by atoms with Crippen molar-refractivity contribution in [1.29, 1.82) is 0 Å². The van der Waals surface area contributed by atoms with Crippen molar-refractivity contribution in [3.8, 4) is 11.3 Å². The average molecular weight is 465 g/mol. The fourth-order valence-corrected chi connectivity index (χ4v) is 3.57. The Balaban J connectivity index is 1.50. The number of carbonyl (C=O) groups is 1. The Bertz CT molecular complexity index is 1240. The number of anilines is 2. The van der Waals surface area contributed by atoms with Crippen LogP contribution >= 0.6 is 23.2 Å². The van der Waals surface area contributed by atoms with Gasteiger partial charge in [0.05, 0.1) is 21.3 Å². The molecular formula is C24H18Cl2N4O2. The first-order valence-electron chi connectivity index (χ1n) is 9.68. The van der Waals surface area contributed by atoms with Crippen molar-refractivity contribution in [2.45, 2.75) is 6.23 Å². The van der Waals surface area contributed by atoms with Crippen molar-refractivity contribution < 1.29 is 9.90 Å². The van der Waals surface area contributed by atoms with Gasteiger partial charge in [-0.2, -0.15) is 0 Å². The third kappa shape index (κ3) is 5.06. The summed E-state index contributed by atoms with van der Waals surface area (Å²) < 4.78 is 0. The Hall–Kier alpha value is -3.45. The number of benzene rings is 2. The Kier molecular flexibility index (Phi) is 6.66. The minimum Gasteiger partial charge on any atom is -0.369 e. The number of aliphatic hydroxyl groups is 1. The predicted octanol–water partition coefficient (Wildman–Crippen LogP) is 5.81. The lowest BCUT2D eigenvalue weighted by molar-refractivity contribution is 0.102. The van der Waals surface area contributed by atoms with Gasteiger partial charge in [-0.15, -0.1) is 0 Å². The molecule has 6 nitrogen and oxygen atoms in total. The summed E-state index contributed by atoms with van der Waals surface area (Å²) in [5, 5.41) is 16.8. The number of halogens is 2. The molecule has 0 saturated heterocycles. The van der Waals surface area contributed by atoms with Crippen LogP contribution in [0.2, 0.25) is 10.0 Å². The number of pyridine rings is 2. The number of rotatable bonds is 6. The summed E-state index contributed by atoms with van der Waals surface area (Å²) >= 11 is 12.7. The molecule has 1 amide bonds. The molecule has 0 saturated carbocycles. The monoisotopic (exact) mass is 464 g/mol. The third-order valence-corrected chi connectivity index (χ3v) is 5.31. The molecule has 8 heteroatoms. The highest BCUT2D eigenvalue weighted by atomic mass is 35.5. The Morgan fingerprint density at radius 2 is 1.66 bits per heavy atom. The summed E-state index contributed by atoms with van der Waals surface area (Å²) in [5.74, 6) is 0.132. The molecule has 2 aromatic heterocycles. The molecule has 1 atom stereocenters. The van der Waals surface area contributed by atoms with Crippen molar-refractivity contribution in [2.24, 2.45) is 0 Å². The summed E-state index contributed by atoms with van der Waals surface area (Å²) in [6.07, 6.45) is 2.26. The van der Waals surface area contributed by atoms with E-state index in [0.717, 1.165) is 0 Å². The zero-order chi connectivity index (χ0) is 22.5. The van der Waals surface area contributed by atoms with Gasteiger partial charge in [0.25, 0.3) is 5.91 Å². The number of hydrogen-bond donors (Lipinski definition) is 3. The van der Waals surface area contributed by atoms with E-state index in [9.17, 15) is 9.90 Å². The Morgan fingerprint density at radius 3 is 2.34 bits per heavy atom. The molecule has 0 spiro atoms. The molecule has 32 heavy (non-hydrogen) atoms. The van der Waals surface area contributed by atoms with E-state index in [-0.39, 0.29) is 16.5 Å². The van der Waals surface area contributed by atoms with Crippen LogP contribution in [0.15, 0.2) is 85.2 Å². The average Bonchev–Trinajstić information content (AvgIpc) is 2.81. The van der Waals surface area contributed by atoms with Gasteiger partial charge in [0.1, 0.15) is 5.82 Å². The van der Waals surface area contributed by atoms with Crippen LogP contribution in [0.5, 0.6) is 0 Å². The topological polar surface area (TPSA) is 87.1 Å². The Labute approximate surface area is 194 Å². The number of nitrogens with one attached hydrogen (secondary N) is 2. The first-order valence-corrected chi connectivity index (χ1v) is 10.4. The van der Waals surface area contributed by atoms with Crippen LogP contribution in [0, 0.1) is 0 Å². The summed E-state index contributed by atoms with van der Waals surface area (Å²) in [5.41, 5.74) is 2.73. The number of aliphatic hydroxyl groups excluding tert-OH is 1. The number of hydrogen-bond acceptors (Lipinski definition) is 5. The van der Waals surface area contributed by atoms with E-state index in [2.05, 4.69) is 20.6 Å². The number of aromatic nitrogens is 2. The largest absolute Gasteiger partial charge is 0.369 e. The maximum Gasteiger partial charge on any atom is 0.257 e. The van der Waals surface area contributed by atoms with Gasteiger partial charge in [-0.3, -0.25) is 9.78 Å². The van der Waals surface area contributed by atoms with Crippen molar-refractivity contribution >= 4 is 40.6 Å². The van der Waals surface area contributed by atoms with E-state index >= 15 is 0 Å². The highest BCUT2D eigenvalue weighted by Crippen LogP contribution is 2.30. The number of amides is 1. The van der Waals surface area contributed by atoms with Crippen molar-refractivity contribution in [3.63, 3.8) is 0 Å². The second kappa shape index (κ2) is 9.78. The van der Waals surface area contributed by atoms with Crippen LogP contribution in [0.4, 0.5) is 11.5 Å². The minimum atomic E-state index is -1.03. The van der Waals surface area contributed by atoms with Gasteiger partial charge in [-0.1, -0.05) is 41.4 Å². The van der Waals surface area contributed by atoms with E-state index in [1.54, 1.807) is 60.9 Å². The predicted molar refractivity (Wildman–Crippen MR) is 127 cm³/mol. The van der Waals surface area contributed by atoms with Gasteiger partial charge in [0, 0.05) is 29.2 Å². The molecule has 4 aromatic rings. The molecule has 3 N–H and O–H groups in total. The highest BCUT2D eigenvalue weighted by Gasteiger charge is 2.16. The van der Waals surface area contributed by atoms with Crippen LogP contribution in [0.3, 0.4) is 0 Å². The van der Waals surface area contributed by atoms with Gasteiger partial charge in [0.15, 0.2) is 6.23 Å². The van der Waals surface area contributed by atoms with Crippen LogP contribution in [0.25, 0.3) is 11.3 Å². The van der Waals surface area contributed by atoms with Crippen molar-refractivity contribution in [2.75, 3.05) is 10.6 Å². The molecule has 1 unspecified atom stereocenters. The van der Waals surface area contributed by atoms with Crippen LogP contribution in [-0.4, -0.2) is 21.0 Å². The van der Waals surface area contributed by atoms with Crippen molar-refractivity contribution in [1.82, 2.24) is 9.97 Å². The number of carbonyl (C=O) groups excluding carboxylic acids is 1. The standard InChI is InChI=1S/C24H18Cl2N4O2/c25-19-10-8-16(14-18(19)21-5-1-3-11-27-21)29-24(32)17-9-7-15(13-20(17)26)23(31)30-22-6-2-4-12-28-22/h1-14,23,31H,(H,28,30)(H,29,32). The van der Waals surface area contributed by atoms with E-state index in [1.165, 1.54) is 6.07 Å². The van der Waals surface area contributed by atoms with E-state index in [4.69, 9.17) is 23.2 Å². The smallest absolute Gasteiger partial charge is 0.257 e. The lowest BCUT2D eigenvalue weighted by Gasteiger charge is -2.15. The highest BCUT2D eigenvalue weighted by molar-refractivity contribution is 6.35. The maximum absolute atomic E-state index is 12.8. The van der Waals surface area contributed by atoms with E-state index in [1.807, 2.05) is 18.2 Å². The van der Waals surface area contributed by atoms with Gasteiger partial charge in [0.2, 0.25) is 0 Å². The second-order valence-corrected chi connectivity index (χ2v) is 7.68. The molecule has 0 radical (unpaired) electrons. The summed E-state index contributed by atoms with van der Waals surface area (Å²) in [6.45, 7) is 0. The minimum absolute atomic E-state index is 0.209. The van der Waals surface area contributed by atoms with Gasteiger partial charge >= 0.3 is 0 Å². The summed E-state index contributed by atoms with van der Waals surface area (Å²) in [4.78, 5) is 21.2. The molecule has 0 aliphatic heterocycles. The molecule has 0 aliphatic carbocycles. The van der Waals surface area contributed by atoms with Crippen LogP contribution in [0.1, 0.15) is 22.1 Å². The van der Waals surface area contributed by atoms with E-state index < -0.39 is 6.23 Å². The van der Waals surface area contributed by atoms with E-state index in [0.29, 0.717) is 33.3 Å². The van der Waals surface area contributed by atoms with Crippen LogP contribution < -0.4 is 10.6 Å². The first kappa shape index (κ1) is 21.8. The third-order valence-electron chi connectivity index (χ3n) is 4.67. The molecule has 2 heterocycles. The molecule has 0 bridgehead atoms. The SMILES string of the molecule is O=C(Nc1ccc(Cl)c(-c2ccccn2)c1)c1ccc(C(O)Nc2ccccn2)cc1Cl. The molecule has 2 aromatic carbocycles. The molecule has 0 fully saturated rings. The summed E-state index contributed by atoms with van der Waals surface area (Å²) in [7, 11) is 0. The Morgan fingerprint density at radius 1 is 0.875 bits per heavy atom. The molecule has 0 aliphatic rings. The lowest BCUT2D eigenvalue weighted by Crippen LogP contribution is -2.14. The fourth-order valence-electron chi connectivity index (χ4n) is 3.08. The number of nitrogens with zero attached hydrogens (tertiary/aromatic N) is 2. The van der Waals surface area contributed by atoms with Crippen LogP contribution in [-0.2, 0) is 0 Å². The zero-order valence-corrected chi connectivity index (χ0v) is 18.2. The van der Waals surface area contributed by atoms with Crippen molar-refractivity contribution in [3.05, 3.63) is 106 Å². The quantitative estimate of drug-likeness (QED) is 0.313. The zero-order valence-electron chi connectivity index (χ0n) is 16.7. The lowest BCUT2D eigenvalue weighted by atomic mass is 10.1. The molecule has 4 rings (SSSR count). The normalized spacial score (nSPS) is 11.6. The fraction of sp³-hybridized carbons (Fsp3) is 0.0417.